The quantitative estimate of drug-likeness (QED) is 0.320. The Labute approximate surface area is 195 Å². The van der Waals surface area contributed by atoms with E-state index >= 15 is 0 Å². The number of aryl methyl sites for hydroxylation is 2. The van der Waals surface area contributed by atoms with Crippen LogP contribution in [-0.4, -0.2) is 9.55 Å². The number of halogens is 2. The predicted molar refractivity (Wildman–Crippen MR) is 131 cm³/mol. The van der Waals surface area contributed by atoms with Crippen molar-refractivity contribution in [3.63, 3.8) is 0 Å². The predicted octanol–water partition coefficient (Wildman–Crippen LogP) is 7.19. The molecule has 4 aromatic rings. The van der Waals surface area contributed by atoms with Crippen molar-refractivity contribution >= 4 is 21.6 Å². The van der Waals surface area contributed by atoms with Crippen molar-refractivity contribution in [3.05, 3.63) is 86.3 Å². The van der Waals surface area contributed by atoms with E-state index in [1.165, 1.54) is 11.3 Å². The van der Waals surface area contributed by atoms with Crippen LogP contribution in [0.15, 0.2) is 53.5 Å². The Morgan fingerprint density at radius 2 is 1.94 bits per heavy atom. The van der Waals surface area contributed by atoms with Gasteiger partial charge in [0.05, 0.1) is 10.2 Å². The maximum Gasteiger partial charge on any atom is 0.307 e. The molecule has 1 aliphatic carbocycles. The molecule has 170 valence electrons. The summed E-state index contributed by atoms with van der Waals surface area (Å²) >= 11 is 1.23. The van der Waals surface area contributed by atoms with Gasteiger partial charge in [0, 0.05) is 36.0 Å². The molecule has 0 aliphatic heterocycles. The van der Waals surface area contributed by atoms with Gasteiger partial charge in [-0.05, 0) is 71.7 Å². The first kappa shape index (κ1) is 22.0. The van der Waals surface area contributed by atoms with Crippen molar-refractivity contribution in [3.8, 4) is 11.1 Å². The summed E-state index contributed by atoms with van der Waals surface area (Å²) < 4.78 is 31.1. The third kappa shape index (κ3) is 3.90. The highest BCUT2D eigenvalue weighted by Gasteiger charge is 2.27. The van der Waals surface area contributed by atoms with Crippen LogP contribution in [0, 0.1) is 0 Å². The van der Waals surface area contributed by atoms with Gasteiger partial charge >= 0.3 is 4.87 Å². The second-order valence-electron chi connectivity index (χ2n) is 9.16. The number of alkyl halides is 2. The molecule has 1 atom stereocenters. The van der Waals surface area contributed by atoms with Gasteiger partial charge in [-0.1, -0.05) is 43.4 Å². The Balaban J connectivity index is 1.62. The molecule has 0 N–H and O–H groups in total. The van der Waals surface area contributed by atoms with Gasteiger partial charge in [0.1, 0.15) is 0 Å². The van der Waals surface area contributed by atoms with Crippen LogP contribution in [0.5, 0.6) is 0 Å². The van der Waals surface area contributed by atoms with Gasteiger partial charge in [-0.15, -0.1) is 0 Å². The molecule has 0 bridgehead atoms. The van der Waals surface area contributed by atoms with E-state index in [4.69, 9.17) is 0 Å². The summed E-state index contributed by atoms with van der Waals surface area (Å²) in [4.78, 5) is 16.6. The molecule has 3 nitrogen and oxygen atoms in total. The van der Waals surface area contributed by atoms with Crippen LogP contribution in [0.4, 0.5) is 8.78 Å². The Kier molecular flexibility index (Phi) is 5.65. The number of pyridine rings is 1. The summed E-state index contributed by atoms with van der Waals surface area (Å²) in [5, 5.41) is 0. The second-order valence-corrected chi connectivity index (χ2v) is 10.2. The molecule has 0 saturated heterocycles. The second kappa shape index (κ2) is 8.49. The zero-order chi connectivity index (χ0) is 23.3. The minimum absolute atomic E-state index is 0.00733. The molecule has 0 fully saturated rings. The largest absolute Gasteiger partial charge is 0.307 e. The highest BCUT2D eigenvalue weighted by molar-refractivity contribution is 7.16. The zero-order valence-corrected chi connectivity index (χ0v) is 19.8. The lowest BCUT2D eigenvalue weighted by molar-refractivity contribution is 0.152. The number of thiazole rings is 1. The van der Waals surface area contributed by atoms with Gasteiger partial charge in [0.2, 0.25) is 0 Å². The molecule has 2 heterocycles. The van der Waals surface area contributed by atoms with Crippen LogP contribution in [0.3, 0.4) is 0 Å². The molecule has 0 radical (unpaired) electrons. The van der Waals surface area contributed by atoms with E-state index < -0.39 is 6.43 Å². The fraction of sp³-hybridized carbons (Fsp3) is 0.333. The molecule has 2 aromatic heterocycles. The molecule has 2 aromatic carbocycles. The summed E-state index contributed by atoms with van der Waals surface area (Å²) in [6, 6.07) is 13.6. The van der Waals surface area contributed by atoms with Crippen LogP contribution in [0.2, 0.25) is 0 Å². The first-order valence-electron chi connectivity index (χ1n) is 11.3. The SMILES string of the molecule is CC(C)c1ccc(-c2cc3c(cc2C(F)F)C(c2ccc4sc(=O)n(C)c4c2)CCC3)cn1. The van der Waals surface area contributed by atoms with Crippen molar-refractivity contribution in [2.75, 3.05) is 0 Å². The summed E-state index contributed by atoms with van der Waals surface area (Å²) in [6.07, 6.45) is 1.92. The summed E-state index contributed by atoms with van der Waals surface area (Å²) in [6.45, 7) is 4.13. The lowest BCUT2D eigenvalue weighted by Crippen LogP contribution is -2.13. The van der Waals surface area contributed by atoms with E-state index in [0.717, 1.165) is 57.4 Å². The zero-order valence-electron chi connectivity index (χ0n) is 18.9. The number of hydrogen-bond donors (Lipinski definition) is 0. The van der Waals surface area contributed by atoms with Crippen LogP contribution in [-0.2, 0) is 13.5 Å². The summed E-state index contributed by atoms with van der Waals surface area (Å²) in [5.41, 5.74) is 6.39. The van der Waals surface area contributed by atoms with Crippen molar-refractivity contribution in [1.82, 2.24) is 9.55 Å². The molecule has 5 rings (SSSR count). The number of nitrogens with zero attached hydrogens (tertiary/aromatic N) is 2. The molecule has 0 amide bonds. The first-order valence-corrected chi connectivity index (χ1v) is 12.2. The normalized spacial score (nSPS) is 16.0. The maximum atomic E-state index is 14.2. The topological polar surface area (TPSA) is 34.9 Å². The van der Waals surface area contributed by atoms with E-state index in [0.29, 0.717) is 5.56 Å². The minimum Gasteiger partial charge on any atom is -0.302 e. The Hall–Kier alpha value is -2.86. The summed E-state index contributed by atoms with van der Waals surface area (Å²) in [7, 11) is 1.78. The van der Waals surface area contributed by atoms with E-state index in [1.807, 2.05) is 30.3 Å². The lowest BCUT2D eigenvalue weighted by atomic mass is 9.77. The molecule has 1 aliphatic rings. The highest BCUT2D eigenvalue weighted by Crippen LogP contribution is 2.42. The standard InChI is InChI=1S/C27H26F2N2OS/c1-15(2)23-9-7-18(14-30-23)20-11-16-5-4-6-19(21(16)13-22(20)26(28)29)17-8-10-25-24(12-17)31(3)27(32)33-25/h7-15,19,26H,4-6H2,1-3H3. The maximum absolute atomic E-state index is 14.2. The average Bonchev–Trinajstić information content (AvgIpc) is 3.10. The van der Waals surface area contributed by atoms with Crippen molar-refractivity contribution in [1.29, 1.82) is 0 Å². The van der Waals surface area contributed by atoms with E-state index in [-0.39, 0.29) is 22.3 Å². The smallest absolute Gasteiger partial charge is 0.302 e. The fourth-order valence-electron chi connectivity index (χ4n) is 4.92. The highest BCUT2D eigenvalue weighted by atomic mass is 32.1. The Morgan fingerprint density at radius 3 is 2.64 bits per heavy atom. The molecular weight excluding hydrogens is 438 g/mol. The molecule has 6 heteroatoms. The molecule has 33 heavy (non-hydrogen) atoms. The fourth-order valence-corrected chi connectivity index (χ4v) is 5.78. The van der Waals surface area contributed by atoms with Gasteiger partial charge < -0.3 is 4.57 Å². The molecular formula is C27H26F2N2OS. The number of rotatable bonds is 4. The number of aromatic nitrogens is 2. The monoisotopic (exact) mass is 464 g/mol. The van der Waals surface area contributed by atoms with Crippen LogP contribution in [0.1, 0.15) is 72.9 Å². The number of fused-ring (bicyclic) bond motifs is 2. The van der Waals surface area contributed by atoms with Crippen molar-refractivity contribution < 1.29 is 8.78 Å². The van der Waals surface area contributed by atoms with E-state index in [1.54, 1.807) is 23.9 Å². The minimum atomic E-state index is -2.57. The van der Waals surface area contributed by atoms with E-state index in [2.05, 4.69) is 24.9 Å². The van der Waals surface area contributed by atoms with Gasteiger partial charge in [-0.3, -0.25) is 9.78 Å². The first-order chi connectivity index (χ1) is 15.8. The molecule has 1 unspecified atom stereocenters. The lowest BCUT2D eigenvalue weighted by Gasteiger charge is -2.28. The van der Waals surface area contributed by atoms with Gasteiger partial charge in [-0.2, -0.15) is 0 Å². The van der Waals surface area contributed by atoms with Gasteiger partial charge in [0.15, 0.2) is 0 Å². The Morgan fingerprint density at radius 1 is 1.12 bits per heavy atom. The van der Waals surface area contributed by atoms with Gasteiger partial charge in [0.25, 0.3) is 6.43 Å². The van der Waals surface area contributed by atoms with Crippen LogP contribution >= 0.6 is 11.3 Å². The van der Waals surface area contributed by atoms with Gasteiger partial charge in [-0.25, -0.2) is 8.78 Å². The third-order valence-corrected chi connectivity index (χ3v) is 7.78. The average molecular weight is 465 g/mol. The third-order valence-electron chi connectivity index (χ3n) is 6.77. The Bertz CT molecular complexity index is 1390. The van der Waals surface area contributed by atoms with E-state index in [9.17, 15) is 13.6 Å². The number of benzene rings is 2. The molecule has 0 saturated carbocycles. The van der Waals surface area contributed by atoms with Crippen molar-refractivity contribution in [2.45, 2.75) is 51.4 Å². The van der Waals surface area contributed by atoms with Crippen LogP contribution < -0.4 is 4.87 Å². The van der Waals surface area contributed by atoms with Crippen LogP contribution in [0.25, 0.3) is 21.3 Å². The molecule has 0 spiro atoms. The number of hydrogen-bond acceptors (Lipinski definition) is 3. The van der Waals surface area contributed by atoms with Crippen molar-refractivity contribution in [2.24, 2.45) is 7.05 Å². The summed E-state index contributed by atoms with van der Waals surface area (Å²) in [5.74, 6) is 0.333.